The summed E-state index contributed by atoms with van der Waals surface area (Å²) in [5, 5.41) is 15.4. The fourth-order valence-electron chi connectivity index (χ4n) is 4.66. The van der Waals surface area contributed by atoms with Gasteiger partial charge in [-0.15, -0.1) is 0 Å². The van der Waals surface area contributed by atoms with E-state index in [0.29, 0.717) is 11.6 Å². The highest BCUT2D eigenvalue weighted by Crippen LogP contribution is 2.32. The molecule has 2 aliphatic rings. The zero-order valence-corrected chi connectivity index (χ0v) is 17.6. The number of nitrogens with one attached hydrogen (secondary N) is 1. The van der Waals surface area contributed by atoms with Crippen LogP contribution in [0.25, 0.3) is 10.9 Å². The molecule has 1 amide bonds. The number of aryl methyl sites for hydroxylation is 1. The Morgan fingerprint density at radius 3 is 2.60 bits per heavy atom. The first-order valence-electron chi connectivity index (χ1n) is 10.8. The fourth-order valence-corrected chi connectivity index (χ4v) is 4.66. The van der Waals surface area contributed by atoms with Gasteiger partial charge in [-0.25, -0.2) is 4.98 Å². The Morgan fingerprint density at radius 1 is 1.23 bits per heavy atom. The van der Waals surface area contributed by atoms with Crippen LogP contribution in [0.4, 0.5) is 11.4 Å². The second kappa shape index (κ2) is 8.55. The van der Waals surface area contributed by atoms with Crippen LogP contribution in [0.15, 0.2) is 24.3 Å². The van der Waals surface area contributed by atoms with Crippen LogP contribution in [0, 0.1) is 17.0 Å². The first-order valence-corrected chi connectivity index (χ1v) is 10.8. The van der Waals surface area contributed by atoms with Crippen molar-refractivity contribution in [3.63, 3.8) is 0 Å². The van der Waals surface area contributed by atoms with Crippen LogP contribution in [0.1, 0.15) is 38.3 Å². The van der Waals surface area contributed by atoms with Crippen LogP contribution in [-0.2, 0) is 4.79 Å². The van der Waals surface area contributed by atoms with Gasteiger partial charge in [0.05, 0.1) is 11.0 Å². The van der Waals surface area contributed by atoms with Crippen LogP contribution < -0.4 is 10.2 Å². The van der Waals surface area contributed by atoms with Crippen molar-refractivity contribution in [1.82, 2.24) is 15.2 Å². The number of aromatic nitrogens is 1. The van der Waals surface area contributed by atoms with Crippen LogP contribution >= 0.6 is 0 Å². The first-order chi connectivity index (χ1) is 14.4. The maximum atomic E-state index is 12.6. The molecule has 1 aromatic carbocycles. The molecule has 1 aliphatic carbocycles. The molecule has 2 fully saturated rings. The van der Waals surface area contributed by atoms with Gasteiger partial charge in [0.2, 0.25) is 5.91 Å². The number of nitro groups is 1. The van der Waals surface area contributed by atoms with E-state index in [1.807, 2.05) is 26.0 Å². The minimum absolute atomic E-state index is 0.0355. The number of para-hydroxylation sites is 1. The maximum Gasteiger partial charge on any atom is 0.295 e. The van der Waals surface area contributed by atoms with Gasteiger partial charge >= 0.3 is 0 Å². The summed E-state index contributed by atoms with van der Waals surface area (Å²) < 4.78 is 0. The second-order valence-electron chi connectivity index (χ2n) is 8.40. The molecule has 2 aromatic rings. The normalized spacial score (nSPS) is 19.2. The molecule has 4 rings (SSSR count). The monoisotopic (exact) mass is 411 g/mol. The van der Waals surface area contributed by atoms with Gasteiger partial charge in [0.15, 0.2) is 5.52 Å². The molecule has 0 bridgehead atoms. The lowest BCUT2D eigenvalue weighted by Crippen LogP contribution is -2.55. The lowest BCUT2D eigenvalue weighted by molar-refractivity contribution is -0.383. The summed E-state index contributed by atoms with van der Waals surface area (Å²) in [7, 11) is 0. The molecule has 1 aromatic heterocycles. The number of carbonyl (C=O) groups is 1. The molecular formula is C22H29N5O3. The topological polar surface area (TPSA) is 91.6 Å². The number of carbonyl (C=O) groups excluding carboxylic acids is 1. The SMILES string of the molecule is Cc1cc(N2CCN(C(C)C(=O)NC3CCCC3)CC2)c2cccc([N+](=O)[O-])c2n1. The molecule has 8 heteroatoms. The number of fused-ring (bicyclic) bond motifs is 1. The van der Waals surface area contributed by atoms with Crippen molar-refractivity contribution in [3.8, 4) is 0 Å². The van der Waals surface area contributed by atoms with Gasteiger partial charge < -0.3 is 10.2 Å². The average Bonchev–Trinajstić information content (AvgIpc) is 3.25. The van der Waals surface area contributed by atoms with Crippen molar-refractivity contribution in [3.05, 3.63) is 40.1 Å². The molecule has 1 saturated heterocycles. The van der Waals surface area contributed by atoms with Gasteiger partial charge in [-0.1, -0.05) is 25.0 Å². The van der Waals surface area contributed by atoms with Crippen LogP contribution in [0.3, 0.4) is 0 Å². The predicted octanol–water partition coefficient (Wildman–Crippen LogP) is 3.02. The van der Waals surface area contributed by atoms with Crippen LogP contribution in [-0.4, -0.2) is 59.0 Å². The fraction of sp³-hybridized carbons (Fsp3) is 0.545. The number of amides is 1. The smallest absolute Gasteiger partial charge is 0.295 e. The number of hydrogen-bond acceptors (Lipinski definition) is 6. The van der Waals surface area contributed by atoms with E-state index in [2.05, 4.69) is 20.1 Å². The largest absolute Gasteiger partial charge is 0.368 e. The van der Waals surface area contributed by atoms with Gasteiger partial charge in [0, 0.05) is 55.1 Å². The highest BCUT2D eigenvalue weighted by molar-refractivity contribution is 5.97. The molecule has 30 heavy (non-hydrogen) atoms. The zero-order valence-electron chi connectivity index (χ0n) is 17.6. The second-order valence-corrected chi connectivity index (χ2v) is 8.40. The van der Waals surface area contributed by atoms with E-state index in [0.717, 1.165) is 55.8 Å². The first kappa shape index (κ1) is 20.5. The molecule has 1 saturated carbocycles. The summed E-state index contributed by atoms with van der Waals surface area (Å²) in [4.78, 5) is 32.6. The standard InChI is InChI=1S/C22H29N5O3/c1-15-14-20(18-8-5-9-19(27(29)30)21(18)23-15)26-12-10-25(11-13-26)16(2)22(28)24-17-6-3-4-7-17/h5,8-9,14,16-17H,3-4,6-7,10-13H2,1-2H3,(H,24,28). The van der Waals surface area contributed by atoms with Crippen molar-refractivity contribution < 1.29 is 9.72 Å². The minimum atomic E-state index is -0.374. The number of hydrogen-bond donors (Lipinski definition) is 1. The molecule has 1 N–H and O–H groups in total. The summed E-state index contributed by atoms with van der Waals surface area (Å²) in [6.07, 6.45) is 4.59. The number of nitrogens with zero attached hydrogens (tertiary/aromatic N) is 4. The van der Waals surface area contributed by atoms with Gasteiger partial charge in [-0.2, -0.15) is 0 Å². The quantitative estimate of drug-likeness (QED) is 0.601. The molecule has 1 aliphatic heterocycles. The molecule has 1 unspecified atom stereocenters. The maximum absolute atomic E-state index is 12.6. The van der Waals surface area contributed by atoms with E-state index in [1.165, 1.54) is 18.9 Å². The van der Waals surface area contributed by atoms with Gasteiger partial charge in [-0.05, 0) is 32.8 Å². The van der Waals surface area contributed by atoms with E-state index in [-0.39, 0.29) is 22.6 Å². The minimum Gasteiger partial charge on any atom is -0.368 e. The molecule has 160 valence electrons. The van der Waals surface area contributed by atoms with Crippen molar-refractivity contribution in [2.24, 2.45) is 0 Å². The van der Waals surface area contributed by atoms with E-state index in [4.69, 9.17) is 0 Å². The molecule has 8 nitrogen and oxygen atoms in total. The number of nitro benzene ring substituents is 1. The summed E-state index contributed by atoms with van der Waals surface area (Å²) in [6, 6.07) is 7.30. The summed E-state index contributed by atoms with van der Waals surface area (Å²) >= 11 is 0. The Balaban J connectivity index is 1.47. The predicted molar refractivity (Wildman–Crippen MR) is 117 cm³/mol. The molecule has 0 radical (unpaired) electrons. The highest BCUT2D eigenvalue weighted by atomic mass is 16.6. The molecular weight excluding hydrogens is 382 g/mol. The Hall–Kier alpha value is -2.74. The van der Waals surface area contributed by atoms with Crippen molar-refractivity contribution >= 4 is 28.2 Å². The van der Waals surface area contributed by atoms with Crippen LogP contribution in [0.5, 0.6) is 0 Å². The van der Waals surface area contributed by atoms with E-state index in [9.17, 15) is 14.9 Å². The third kappa shape index (κ3) is 4.09. The Kier molecular flexibility index (Phi) is 5.85. The Bertz CT molecular complexity index is 949. The number of pyridine rings is 1. The Morgan fingerprint density at radius 2 is 1.93 bits per heavy atom. The van der Waals surface area contributed by atoms with Crippen molar-refractivity contribution in [2.75, 3.05) is 31.1 Å². The third-order valence-corrected chi connectivity index (χ3v) is 6.40. The Labute approximate surface area is 176 Å². The summed E-state index contributed by atoms with van der Waals surface area (Å²) in [5.74, 6) is 0.121. The average molecular weight is 412 g/mol. The van der Waals surface area contributed by atoms with Gasteiger partial charge in [0.1, 0.15) is 0 Å². The molecule has 0 spiro atoms. The highest BCUT2D eigenvalue weighted by Gasteiger charge is 2.28. The summed E-state index contributed by atoms with van der Waals surface area (Å²) in [5.41, 5.74) is 2.21. The molecule has 2 heterocycles. The number of benzene rings is 1. The summed E-state index contributed by atoms with van der Waals surface area (Å²) in [6.45, 7) is 6.93. The van der Waals surface area contributed by atoms with Crippen molar-refractivity contribution in [2.45, 2.75) is 51.6 Å². The zero-order chi connectivity index (χ0) is 21.3. The number of anilines is 1. The van der Waals surface area contributed by atoms with Crippen molar-refractivity contribution in [1.29, 1.82) is 0 Å². The lowest BCUT2D eigenvalue weighted by Gasteiger charge is -2.39. The van der Waals surface area contributed by atoms with Gasteiger partial charge in [0.25, 0.3) is 5.69 Å². The number of rotatable bonds is 5. The number of piperazine rings is 1. The number of non-ortho nitro benzene ring substituents is 1. The van der Waals surface area contributed by atoms with Gasteiger partial charge in [-0.3, -0.25) is 19.8 Å². The van der Waals surface area contributed by atoms with E-state index in [1.54, 1.807) is 6.07 Å². The van der Waals surface area contributed by atoms with E-state index < -0.39 is 0 Å². The lowest BCUT2D eigenvalue weighted by atomic mass is 10.1. The third-order valence-electron chi connectivity index (χ3n) is 6.40. The molecule has 1 atom stereocenters. The van der Waals surface area contributed by atoms with E-state index >= 15 is 0 Å². The van der Waals surface area contributed by atoms with Crippen LogP contribution in [0.2, 0.25) is 0 Å².